The monoisotopic (exact) mass is 361 g/mol. The molecular formula is C20H31N3O3. The number of amides is 2. The second-order valence-electron chi connectivity index (χ2n) is 7.69. The molecule has 0 spiro atoms. The summed E-state index contributed by atoms with van der Waals surface area (Å²) in [5.41, 5.74) is 0.614. The van der Waals surface area contributed by atoms with Crippen LogP contribution in [0.25, 0.3) is 0 Å². The van der Waals surface area contributed by atoms with Crippen molar-refractivity contribution in [2.75, 3.05) is 26.2 Å². The van der Waals surface area contributed by atoms with E-state index in [-0.39, 0.29) is 17.9 Å². The smallest absolute Gasteiger partial charge is 0.255 e. The van der Waals surface area contributed by atoms with Crippen molar-refractivity contribution < 1.29 is 14.0 Å². The average molecular weight is 361 g/mol. The standard InChI is InChI=1S/C20H31N3O3/c1-14-13-18(15(2)26-14)20(25)22-17-7-11-23(12-8-17)19(24)4-3-16-5-9-21-10-6-16/h13,16-17,21H,3-12H2,1-2H3,(H,22,25). The molecule has 144 valence electrons. The van der Waals surface area contributed by atoms with E-state index in [1.165, 1.54) is 12.8 Å². The molecule has 0 radical (unpaired) electrons. The van der Waals surface area contributed by atoms with Gasteiger partial charge in [-0.25, -0.2) is 0 Å². The van der Waals surface area contributed by atoms with Gasteiger partial charge in [0.05, 0.1) is 5.56 Å². The molecule has 1 aromatic heterocycles. The van der Waals surface area contributed by atoms with E-state index in [4.69, 9.17) is 4.42 Å². The SMILES string of the molecule is Cc1cc(C(=O)NC2CCN(C(=O)CCC3CCNCC3)CC2)c(C)o1. The third kappa shape index (κ3) is 4.87. The van der Waals surface area contributed by atoms with Crippen molar-refractivity contribution >= 4 is 11.8 Å². The van der Waals surface area contributed by atoms with Crippen LogP contribution in [0, 0.1) is 19.8 Å². The van der Waals surface area contributed by atoms with Crippen molar-refractivity contribution in [2.45, 2.75) is 58.4 Å². The lowest BCUT2D eigenvalue weighted by Crippen LogP contribution is -2.46. The van der Waals surface area contributed by atoms with Crippen molar-refractivity contribution in [1.82, 2.24) is 15.5 Å². The zero-order valence-corrected chi connectivity index (χ0v) is 16.0. The highest BCUT2D eigenvalue weighted by Crippen LogP contribution is 2.20. The van der Waals surface area contributed by atoms with Crippen LogP contribution in [0.2, 0.25) is 0 Å². The minimum absolute atomic E-state index is 0.0740. The van der Waals surface area contributed by atoms with Crippen LogP contribution in [0.3, 0.4) is 0 Å². The lowest BCUT2D eigenvalue weighted by Gasteiger charge is -2.33. The Morgan fingerprint density at radius 3 is 2.50 bits per heavy atom. The Balaban J connectivity index is 1.40. The fourth-order valence-corrected chi connectivity index (χ4v) is 4.05. The molecule has 0 unspecified atom stereocenters. The number of rotatable bonds is 5. The third-order valence-electron chi connectivity index (χ3n) is 5.69. The summed E-state index contributed by atoms with van der Waals surface area (Å²) in [6.07, 6.45) is 5.69. The number of carbonyl (C=O) groups is 2. The first kappa shape index (κ1) is 19.0. The van der Waals surface area contributed by atoms with Crippen molar-refractivity contribution in [2.24, 2.45) is 5.92 Å². The molecule has 2 aliphatic heterocycles. The Hall–Kier alpha value is -1.82. The molecule has 2 saturated heterocycles. The summed E-state index contributed by atoms with van der Waals surface area (Å²) in [4.78, 5) is 26.8. The lowest BCUT2D eigenvalue weighted by atomic mass is 9.93. The topological polar surface area (TPSA) is 74.6 Å². The Kier molecular flexibility index (Phi) is 6.35. The summed E-state index contributed by atoms with van der Waals surface area (Å²) in [6.45, 7) is 7.29. The van der Waals surface area contributed by atoms with Gasteiger partial charge in [-0.15, -0.1) is 0 Å². The maximum atomic E-state index is 12.4. The molecule has 0 bridgehead atoms. The maximum Gasteiger partial charge on any atom is 0.255 e. The van der Waals surface area contributed by atoms with Gasteiger partial charge in [-0.3, -0.25) is 9.59 Å². The van der Waals surface area contributed by atoms with Crippen LogP contribution in [-0.2, 0) is 4.79 Å². The highest BCUT2D eigenvalue weighted by Gasteiger charge is 2.25. The normalized spacial score (nSPS) is 19.5. The fraction of sp³-hybridized carbons (Fsp3) is 0.700. The zero-order chi connectivity index (χ0) is 18.5. The molecule has 0 saturated carbocycles. The number of piperidine rings is 2. The Bertz CT molecular complexity index is 626. The number of carbonyl (C=O) groups excluding carboxylic acids is 2. The highest BCUT2D eigenvalue weighted by atomic mass is 16.3. The quantitative estimate of drug-likeness (QED) is 0.844. The molecule has 1 aromatic rings. The molecule has 2 amide bonds. The summed E-state index contributed by atoms with van der Waals surface area (Å²) < 4.78 is 5.43. The number of furan rings is 1. The molecular weight excluding hydrogens is 330 g/mol. The molecule has 2 aliphatic rings. The molecule has 0 atom stereocenters. The van der Waals surface area contributed by atoms with E-state index >= 15 is 0 Å². The third-order valence-corrected chi connectivity index (χ3v) is 5.69. The van der Waals surface area contributed by atoms with Gasteiger partial charge in [0, 0.05) is 25.6 Å². The first-order chi connectivity index (χ1) is 12.5. The van der Waals surface area contributed by atoms with Crippen molar-refractivity contribution in [3.63, 3.8) is 0 Å². The molecule has 26 heavy (non-hydrogen) atoms. The molecule has 3 rings (SSSR count). The van der Waals surface area contributed by atoms with Crippen LogP contribution in [0.5, 0.6) is 0 Å². The van der Waals surface area contributed by atoms with Crippen LogP contribution in [-0.4, -0.2) is 48.9 Å². The van der Waals surface area contributed by atoms with Crippen LogP contribution in [0.1, 0.15) is 60.4 Å². The number of nitrogens with zero attached hydrogens (tertiary/aromatic N) is 1. The fourth-order valence-electron chi connectivity index (χ4n) is 4.05. The predicted molar refractivity (Wildman–Crippen MR) is 100 cm³/mol. The van der Waals surface area contributed by atoms with E-state index in [2.05, 4.69) is 10.6 Å². The minimum Gasteiger partial charge on any atom is -0.466 e. The largest absolute Gasteiger partial charge is 0.466 e. The van der Waals surface area contributed by atoms with Gasteiger partial charge in [-0.05, 0) is 71.0 Å². The minimum atomic E-state index is -0.0740. The Morgan fingerprint density at radius 2 is 1.88 bits per heavy atom. The van der Waals surface area contributed by atoms with Crippen molar-refractivity contribution in [3.05, 3.63) is 23.2 Å². The van der Waals surface area contributed by atoms with E-state index in [1.807, 2.05) is 18.7 Å². The number of nitrogens with one attached hydrogen (secondary N) is 2. The molecule has 6 nitrogen and oxygen atoms in total. The van der Waals surface area contributed by atoms with Gasteiger partial charge in [0.15, 0.2) is 0 Å². The van der Waals surface area contributed by atoms with E-state index < -0.39 is 0 Å². The second kappa shape index (κ2) is 8.71. The molecule has 0 aliphatic carbocycles. The van der Waals surface area contributed by atoms with Gasteiger partial charge in [0.2, 0.25) is 5.91 Å². The second-order valence-corrected chi connectivity index (χ2v) is 7.69. The first-order valence-corrected chi connectivity index (χ1v) is 9.89. The van der Waals surface area contributed by atoms with Crippen LogP contribution in [0.15, 0.2) is 10.5 Å². The molecule has 2 N–H and O–H groups in total. The summed E-state index contributed by atoms with van der Waals surface area (Å²) in [7, 11) is 0. The van der Waals surface area contributed by atoms with Gasteiger partial charge in [0.25, 0.3) is 5.91 Å². The lowest BCUT2D eigenvalue weighted by molar-refractivity contribution is -0.132. The molecule has 3 heterocycles. The van der Waals surface area contributed by atoms with Gasteiger partial charge in [-0.1, -0.05) is 0 Å². The molecule has 6 heteroatoms. The Morgan fingerprint density at radius 1 is 1.19 bits per heavy atom. The van der Waals surface area contributed by atoms with Crippen LogP contribution in [0.4, 0.5) is 0 Å². The van der Waals surface area contributed by atoms with Crippen molar-refractivity contribution in [3.8, 4) is 0 Å². The number of likely N-dealkylation sites (tertiary alicyclic amines) is 1. The summed E-state index contributed by atoms with van der Waals surface area (Å²) in [5.74, 6) is 2.30. The number of hydrogen-bond acceptors (Lipinski definition) is 4. The predicted octanol–water partition coefficient (Wildman–Crippen LogP) is 2.40. The van der Waals surface area contributed by atoms with Gasteiger partial charge >= 0.3 is 0 Å². The van der Waals surface area contributed by atoms with Gasteiger partial charge < -0.3 is 20.0 Å². The van der Waals surface area contributed by atoms with E-state index in [0.29, 0.717) is 23.7 Å². The van der Waals surface area contributed by atoms with Gasteiger partial charge in [-0.2, -0.15) is 0 Å². The summed E-state index contributed by atoms with van der Waals surface area (Å²) >= 11 is 0. The molecule has 2 fully saturated rings. The zero-order valence-electron chi connectivity index (χ0n) is 16.0. The maximum absolute atomic E-state index is 12.4. The van der Waals surface area contributed by atoms with Gasteiger partial charge in [0.1, 0.15) is 11.5 Å². The number of aryl methyl sites for hydroxylation is 2. The summed E-state index contributed by atoms with van der Waals surface area (Å²) in [6, 6.07) is 1.91. The van der Waals surface area contributed by atoms with Crippen LogP contribution >= 0.6 is 0 Å². The highest BCUT2D eigenvalue weighted by molar-refractivity contribution is 5.95. The van der Waals surface area contributed by atoms with Crippen molar-refractivity contribution in [1.29, 1.82) is 0 Å². The Labute approximate surface area is 155 Å². The van der Waals surface area contributed by atoms with Crippen LogP contribution < -0.4 is 10.6 Å². The average Bonchev–Trinajstić information content (AvgIpc) is 2.99. The van der Waals surface area contributed by atoms with E-state index in [1.54, 1.807) is 6.07 Å². The van der Waals surface area contributed by atoms with E-state index in [9.17, 15) is 9.59 Å². The van der Waals surface area contributed by atoms with E-state index in [0.717, 1.165) is 51.2 Å². The molecule has 0 aromatic carbocycles. The first-order valence-electron chi connectivity index (χ1n) is 9.89. The number of hydrogen-bond donors (Lipinski definition) is 2. The summed E-state index contributed by atoms with van der Waals surface area (Å²) in [5, 5.41) is 6.46.